The molecule has 1 aromatic rings. The molecule has 1 rings (SSSR count). The molecule has 1 heterocycles. The zero-order valence-corrected chi connectivity index (χ0v) is 8.72. The lowest BCUT2D eigenvalue weighted by Crippen LogP contribution is -2.16. The molecule has 0 saturated carbocycles. The molecule has 5 nitrogen and oxygen atoms in total. The largest absolute Gasteiger partial charge is 0.469 e. The molecule has 1 atom stereocenters. The van der Waals surface area contributed by atoms with E-state index in [2.05, 4.69) is 16.4 Å². The van der Waals surface area contributed by atoms with Crippen LogP contribution in [0.25, 0.3) is 6.20 Å². The Labute approximate surface area is 88.5 Å². The monoisotopic (exact) mass is 209 g/mol. The molecule has 15 heavy (non-hydrogen) atoms. The fourth-order valence-corrected chi connectivity index (χ4v) is 1.29. The first-order chi connectivity index (χ1) is 7.21. The molecule has 0 aliphatic carbocycles. The van der Waals surface area contributed by atoms with Gasteiger partial charge in [-0.1, -0.05) is 6.58 Å². The van der Waals surface area contributed by atoms with E-state index in [9.17, 15) is 4.79 Å². The summed E-state index contributed by atoms with van der Waals surface area (Å²) in [5, 5.41) is 4.03. The Morgan fingerprint density at radius 1 is 1.87 bits per heavy atom. The Morgan fingerprint density at radius 2 is 2.60 bits per heavy atom. The molecule has 0 amide bonds. The van der Waals surface area contributed by atoms with Crippen LogP contribution in [0.4, 0.5) is 0 Å². The molecule has 0 aliphatic heterocycles. The van der Waals surface area contributed by atoms with Gasteiger partial charge in [0.25, 0.3) is 0 Å². The van der Waals surface area contributed by atoms with Gasteiger partial charge >= 0.3 is 5.97 Å². The van der Waals surface area contributed by atoms with Crippen LogP contribution >= 0.6 is 0 Å². The molecule has 0 fully saturated rings. The van der Waals surface area contributed by atoms with Gasteiger partial charge in [0.2, 0.25) is 0 Å². The lowest BCUT2D eigenvalue weighted by molar-refractivity contribution is -0.141. The van der Waals surface area contributed by atoms with Crippen molar-refractivity contribution < 1.29 is 9.53 Å². The summed E-state index contributed by atoms with van der Waals surface area (Å²) in [6, 6.07) is 0. The van der Waals surface area contributed by atoms with Crippen molar-refractivity contribution in [2.24, 2.45) is 5.73 Å². The molecule has 2 N–H and O–H groups in total. The molecular formula is C10H15N3O2. The highest BCUT2D eigenvalue weighted by molar-refractivity contribution is 5.70. The van der Waals surface area contributed by atoms with E-state index in [0.717, 1.165) is 5.56 Å². The van der Waals surface area contributed by atoms with E-state index < -0.39 is 0 Å². The number of esters is 1. The maximum atomic E-state index is 11.1. The number of carbonyl (C=O) groups excluding carboxylic acids is 1. The van der Waals surface area contributed by atoms with Crippen molar-refractivity contribution in [3.8, 4) is 0 Å². The van der Waals surface area contributed by atoms with Gasteiger partial charge in [0, 0.05) is 18.3 Å². The van der Waals surface area contributed by atoms with Gasteiger partial charge in [0.1, 0.15) is 0 Å². The van der Waals surface area contributed by atoms with Crippen LogP contribution in [0.5, 0.6) is 0 Å². The minimum atomic E-state index is -0.267. The number of ether oxygens (including phenoxy) is 1. The average Bonchev–Trinajstić information content (AvgIpc) is 2.73. The quantitative estimate of drug-likeness (QED) is 0.720. The summed E-state index contributed by atoms with van der Waals surface area (Å²) in [7, 11) is 1.36. The van der Waals surface area contributed by atoms with E-state index in [-0.39, 0.29) is 18.3 Å². The normalized spacial score (nSPS) is 12.1. The SMILES string of the molecule is C=Cn1cc(C(CN)CC(=O)OC)cn1. The molecule has 0 spiro atoms. The summed E-state index contributed by atoms with van der Waals surface area (Å²) in [6.45, 7) is 3.97. The summed E-state index contributed by atoms with van der Waals surface area (Å²) in [5.41, 5.74) is 6.51. The molecule has 0 bridgehead atoms. The molecule has 0 aromatic carbocycles. The van der Waals surface area contributed by atoms with Crippen molar-refractivity contribution in [2.75, 3.05) is 13.7 Å². The van der Waals surface area contributed by atoms with Crippen molar-refractivity contribution in [1.29, 1.82) is 0 Å². The third-order valence-electron chi connectivity index (χ3n) is 2.21. The second-order valence-corrected chi connectivity index (χ2v) is 3.15. The van der Waals surface area contributed by atoms with E-state index in [4.69, 9.17) is 5.73 Å². The zero-order valence-electron chi connectivity index (χ0n) is 8.72. The highest BCUT2D eigenvalue weighted by Gasteiger charge is 2.16. The van der Waals surface area contributed by atoms with Crippen LogP contribution < -0.4 is 5.73 Å². The van der Waals surface area contributed by atoms with E-state index in [1.54, 1.807) is 23.3 Å². The number of nitrogens with zero attached hydrogens (tertiary/aromatic N) is 2. The zero-order chi connectivity index (χ0) is 11.3. The average molecular weight is 209 g/mol. The summed E-state index contributed by atoms with van der Waals surface area (Å²) >= 11 is 0. The van der Waals surface area contributed by atoms with Gasteiger partial charge in [-0.15, -0.1) is 0 Å². The number of carbonyl (C=O) groups is 1. The van der Waals surface area contributed by atoms with Crippen LogP contribution in [0.1, 0.15) is 17.9 Å². The predicted octanol–water partition coefficient (Wildman–Crippen LogP) is 0.589. The summed E-state index contributed by atoms with van der Waals surface area (Å²) in [4.78, 5) is 11.1. The minimum Gasteiger partial charge on any atom is -0.469 e. The van der Waals surface area contributed by atoms with Gasteiger partial charge in [-0.05, 0) is 12.1 Å². The highest BCUT2D eigenvalue weighted by atomic mass is 16.5. The first-order valence-electron chi connectivity index (χ1n) is 4.64. The lowest BCUT2D eigenvalue weighted by atomic mass is 9.99. The third-order valence-corrected chi connectivity index (χ3v) is 2.21. The lowest BCUT2D eigenvalue weighted by Gasteiger charge is -2.10. The third kappa shape index (κ3) is 2.92. The molecule has 0 saturated heterocycles. The number of hydrogen-bond acceptors (Lipinski definition) is 4. The van der Waals surface area contributed by atoms with Gasteiger partial charge < -0.3 is 10.5 Å². The van der Waals surface area contributed by atoms with E-state index in [1.807, 2.05) is 0 Å². The summed E-state index contributed by atoms with van der Waals surface area (Å²) < 4.78 is 6.17. The van der Waals surface area contributed by atoms with Crippen LogP contribution in [0.15, 0.2) is 19.0 Å². The van der Waals surface area contributed by atoms with Crippen molar-refractivity contribution in [3.05, 3.63) is 24.5 Å². The molecule has 1 aromatic heterocycles. The second-order valence-electron chi connectivity index (χ2n) is 3.15. The molecule has 5 heteroatoms. The maximum absolute atomic E-state index is 11.1. The van der Waals surface area contributed by atoms with E-state index in [1.165, 1.54) is 7.11 Å². The standard InChI is InChI=1S/C10H15N3O2/c1-3-13-7-9(6-12-13)8(5-11)4-10(14)15-2/h3,6-8H,1,4-5,11H2,2H3. The summed E-state index contributed by atoms with van der Waals surface area (Å²) in [5.74, 6) is -0.317. The molecule has 1 unspecified atom stereocenters. The van der Waals surface area contributed by atoms with Crippen molar-refractivity contribution in [1.82, 2.24) is 9.78 Å². The van der Waals surface area contributed by atoms with Gasteiger partial charge in [0.05, 0.1) is 19.7 Å². The van der Waals surface area contributed by atoms with Crippen LogP contribution in [-0.2, 0) is 9.53 Å². The first-order valence-corrected chi connectivity index (χ1v) is 4.64. The fraction of sp³-hybridized carbons (Fsp3) is 0.400. The Hall–Kier alpha value is -1.62. The molecule has 82 valence electrons. The van der Waals surface area contributed by atoms with Gasteiger partial charge in [-0.25, -0.2) is 4.68 Å². The maximum Gasteiger partial charge on any atom is 0.306 e. The molecular weight excluding hydrogens is 194 g/mol. The van der Waals surface area contributed by atoms with Crippen molar-refractivity contribution >= 4 is 12.2 Å². The molecule has 0 aliphatic rings. The van der Waals surface area contributed by atoms with Crippen LogP contribution in [-0.4, -0.2) is 29.4 Å². The second kappa shape index (κ2) is 5.31. The van der Waals surface area contributed by atoms with E-state index in [0.29, 0.717) is 6.54 Å². The number of methoxy groups -OCH3 is 1. The fourth-order valence-electron chi connectivity index (χ4n) is 1.29. The number of aromatic nitrogens is 2. The minimum absolute atomic E-state index is 0.0499. The van der Waals surface area contributed by atoms with Gasteiger partial charge in [-0.3, -0.25) is 4.79 Å². The molecule has 0 radical (unpaired) electrons. The predicted molar refractivity (Wildman–Crippen MR) is 57.0 cm³/mol. The van der Waals surface area contributed by atoms with Crippen LogP contribution in [0.3, 0.4) is 0 Å². The first kappa shape index (κ1) is 11.5. The van der Waals surface area contributed by atoms with Gasteiger partial charge in [-0.2, -0.15) is 5.10 Å². The topological polar surface area (TPSA) is 70.1 Å². The smallest absolute Gasteiger partial charge is 0.306 e. The van der Waals surface area contributed by atoms with E-state index >= 15 is 0 Å². The van der Waals surface area contributed by atoms with Crippen molar-refractivity contribution in [2.45, 2.75) is 12.3 Å². The number of rotatable bonds is 5. The highest BCUT2D eigenvalue weighted by Crippen LogP contribution is 2.18. The van der Waals surface area contributed by atoms with Crippen LogP contribution in [0, 0.1) is 0 Å². The Balaban J connectivity index is 2.73. The van der Waals surface area contributed by atoms with Crippen molar-refractivity contribution in [3.63, 3.8) is 0 Å². The van der Waals surface area contributed by atoms with Crippen LogP contribution in [0.2, 0.25) is 0 Å². The van der Waals surface area contributed by atoms with Gasteiger partial charge in [0.15, 0.2) is 0 Å². The Morgan fingerprint density at radius 3 is 3.07 bits per heavy atom. The Kier molecular flexibility index (Phi) is 4.05. The number of hydrogen-bond donors (Lipinski definition) is 1. The Bertz CT molecular complexity index is 346. The number of nitrogens with two attached hydrogens (primary N) is 1. The summed E-state index contributed by atoms with van der Waals surface area (Å²) in [6.07, 6.45) is 5.33.